The molecule has 35 heavy (non-hydrogen) atoms. The topological polar surface area (TPSA) is 104 Å². The van der Waals surface area contributed by atoms with E-state index in [4.69, 9.17) is 4.74 Å². The molecule has 1 aromatic carbocycles. The maximum atomic E-state index is 13.8. The van der Waals surface area contributed by atoms with Crippen molar-refractivity contribution in [2.75, 3.05) is 13.7 Å². The molecule has 182 valence electrons. The van der Waals surface area contributed by atoms with Crippen LogP contribution in [0.5, 0.6) is 0 Å². The molecule has 2 aromatic heterocycles. The molecular formula is C26H28N4O5. The van der Waals surface area contributed by atoms with E-state index in [0.717, 1.165) is 36.7 Å². The van der Waals surface area contributed by atoms with Crippen molar-refractivity contribution in [1.82, 2.24) is 19.0 Å². The standard InChI is InChI=1S/C26H28N4O5/c1-16-8-6-7-13-28(16)21(31)15-29-24(32)22-19(25(33)35-2)14-20(17-11-12-17)27-23(22)30(26(29)34)18-9-4-3-5-10-18/h3-5,9-10,14,16-17H,6-8,11-13,15H2,1-2H3. The molecule has 1 amide bonds. The molecule has 1 aliphatic carbocycles. The molecule has 0 radical (unpaired) electrons. The molecule has 9 nitrogen and oxygen atoms in total. The quantitative estimate of drug-likeness (QED) is 0.525. The predicted octanol–water partition coefficient (Wildman–Crippen LogP) is 2.61. The lowest BCUT2D eigenvalue weighted by atomic mass is 10.0. The molecule has 0 spiro atoms. The van der Waals surface area contributed by atoms with Gasteiger partial charge in [0.25, 0.3) is 5.56 Å². The zero-order valence-electron chi connectivity index (χ0n) is 19.9. The SMILES string of the molecule is COC(=O)c1cc(C2CC2)nc2c1c(=O)n(CC(=O)N1CCCCC1C)c(=O)n2-c1ccccc1. The number of hydrogen-bond acceptors (Lipinski definition) is 6. The lowest BCUT2D eigenvalue weighted by Gasteiger charge is -2.33. The van der Waals surface area contributed by atoms with Crippen molar-refractivity contribution in [1.29, 1.82) is 0 Å². The Labute approximate surface area is 202 Å². The Morgan fingerprint density at radius 3 is 2.49 bits per heavy atom. The fourth-order valence-corrected chi connectivity index (χ4v) is 4.86. The first-order valence-electron chi connectivity index (χ1n) is 12.0. The molecule has 1 atom stereocenters. The third kappa shape index (κ3) is 4.15. The summed E-state index contributed by atoms with van der Waals surface area (Å²) in [6.07, 6.45) is 4.66. The van der Waals surface area contributed by atoms with Gasteiger partial charge >= 0.3 is 11.7 Å². The summed E-state index contributed by atoms with van der Waals surface area (Å²) in [7, 11) is 1.25. The molecule has 5 rings (SSSR count). The number of methoxy groups -OCH3 is 1. The Kier molecular flexibility index (Phi) is 6.00. The zero-order chi connectivity index (χ0) is 24.7. The monoisotopic (exact) mass is 476 g/mol. The van der Waals surface area contributed by atoms with Crippen LogP contribution in [0.2, 0.25) is 0 Å². The van der Waals surface area contributed by atoms with Crippen LogP contribution in [0.3, 0.4) is 0 Å². The zero-order valence-corrected chi connectivity index (χ0v) is 19.9. The summed E-state index contributed by atoms with van der Waals surface area (Å²) in [5.74, 6) is -0.804. The number of rotatable bonds is 5. The van der Waals surface area contributed by atoms with Gasteiger partial charge in [-0.2, -0.15) is 0 Å². The summed E-state index contributed by atoms with van der Waals surface area (Å²) >= 11 is 0. The first-order chi connectivity index (χ1) is 16.9. The Morgan fingerprint density at radius 1 is 1.09 bits per heavy atom. The molecule has 0 bridgehead atoms. The van der Waals surface area contributed by atoms with Crippen molar-refractivity contribution in [3.8, 4) is 5.69 Å². The second-order valence-corrected chi connectivity index (χ2v) is 9.34. The molecule has 3 heterocycles. The Balaban J connectivity index is 1.77. The maximum absolute atomic E-state index is 13.8. The minimum atomic E-state index is -0.717. The predicted molar refractivity (Wildman–Crippen MR) is 130 cm³/mol. The van der Waals surface area contributed by atoms with Gasteiger partial charge in [-0.3, -0.25) is 9.59 Å². The number of likely N-dealkylation sites (tertiary alicyclic amines) is 1. The van der Waals surface area contributed by atoms with Crippen LogP contribution in [0.1, 0.15) is 61.0 Å². The van der Waals surface area contributed by atoms with Crippen molar-refractivity contribution in [2.45, 2.75) is 57.5 Å². The van der Waals surface area contributed by atoms with Crippen LogP contribution in [0.25, 0.3) is 16.7 Å². The smallest absolute Gasteiger partial charge is 0.338 e. The van der Waals surface area contributed by atoms with E-state index in [-0.39, 0.29) is 34.5 Å². The van der Waals surface area contributed by atoms with E-state index in [0.29, 0.717) is 17.9 Å². The maximum Gasteiger partial charge on any atom is 0.338 e. The highest BCUT2D eigenvalue weighted by Crippen LogP contribution is 2.40. The van der Waals surface area contributed by atoms with Gasteiger partial charge in [0.05, 0.1) is 23.7 Å². The van der Waals surface area contributed by atoms with Crippen LogP contribution in [0, 0.1) is 0 Å². The Bertz CT molecular complexity index is 1420. The van der Waals surface area contributed by atoms with Crippen molar-refractivity contribution >= 4 is 22.9 Å². The largest absolute Gasteiger partial charge is 0.465 e. The molecule has 0 N–H and O–H groups in total. The Hall–Kier alpha value is -3.75. The van der Waals surface area contributed by atoms with Gasteiger partial charge in [0, 0.05) is 24.2 Å². The first-order valence-corrected chi connectivity index (χ1v) is 12.0. The van der Waals surface area contributed by atoms with Crippen molar-refractivity contribution < 1.29 is 14.3 Å². The van der Waals surface area contributed by atoms with Crippen LogP contribution in [-0.2, 0) is 16.1 Å². The number of ether oxygens (including phenoxy) is 1. The van der Waals surface area contributed by atoms with Crippen LogP contribution >= 0.6 is 0 Å². The summed E-state index contributed by atoms with van der Waals surface area (Å²) in [6.45, 7) is 2.16. The third-order valence-electron chi connectivity index (χ3n) is 6.95. The van der Waals surface area contributed by atoms with E-state index in [1.807, 2.05) is 13.0 Å². The molecule has 2 aliphatic rings. The summed E-state index contributed by atoms with van der Waals surface area (Å²) in [5, 5.41) is -0.0239. The highest BCUT2D eigenvalue weighted by Gasteiger charge is 2.31. The number of hydrogen-bond donors (Lipinski definition) is 0. The summed E-state index contributed by atoms with van der Waals surface area (Å²) in [5.41, 5.74) is -0.0790. The van der Waals surface area contributed by atoms with Gasteiger partial charge in [0.15, 0.2) is 5.65 Å². The number of amides is 1. The molecule has 9 heteroatoms. The third-order valence-corrected chi connectivity index (χ3v) is 6.95. The van der Waals surface area contributed by atoms with Crippen molar-refractivity contribution in [3.05, 3.63) is 68.5 Å². The fraction of sp³-hybridized carbons (Fsp3) is 0.423. The molecular weight excluding hydrogens is 448 g/mol. The van der Waals surface area contributed by atoms with E-state index in [9.17, 15) is 19.2 Å². The van der Waals surface area contributed by atoms with Crippen LogP contribution in [-0.4, -0.2) is 50.6 Å². The average Bonchev–Trinajstić information content (AvgIpc) is 3.72. The van der Waals surface area contributed by atoms with Crippen LogP contribution in [0.15, 0.2) is 46.0 Å². The van der Waals surface area contributed by atoms with Gasteiger partial charge in [-0.15, -0.1) is 0 Å². The van der Waals surface area contributed by atoms with Gasteiger partial charge in [-0.1, -0.05) is 18.2 Å². The molecule has 1 saturated carbocycles. The molecule has 1 unspecified atom stereocenters. The van der Waals surface area contributed by atoms with Gasteiger partial charge in [-0.05, 0) is 57.2 Å². The number of para-hydroxylation sites is 1. The highest BCUT2D eigenvalue weighted by atomic mass is 16.5. The number of benzene rings is 1. The number of carbonyl (C=O) groups is 2. The molecule has 3 aromatic rings. The summed E-state index contributed by atoms with van der Waals surface area (Å²) in [6, 6.07) is 10.5. The number of aromatic nitrogens is 3. The lowest BCUT2D eigenvalue weighted by molar-refractivity contribution is -0.135. The van der Waals surface area contributed by atoms with Crippen molar-refractivity contribution in [3.63, 3.8) is 0 Å². The average molecular weight is 477 g/mol. The minimum Gasteiger partial charge on any atom is -0.465 e. The molecule has 1 aliphatic heterocycles. The van der Waals surface area contributed by atoms with Gasteiger partial charge < -0.3 is 9.64 Å². The molecule has 1 saturated heterocycles. The van der Waals surface area contributed by atoms with Gasteiger partial charge in [0.1, 0.15) is 6.54 Å². The van der Waals surface area contributed by atoms with Gasteiger partial charge in [0.2, 0.25) is 5.91 Å². The number of piperidine rings is 1. The fourth-order valence-electron chi connectivity index (χ4n) is 4.86. The van der Waals surface area contributed by atoms with E-state index in [2.05, 4.69) is 4.98 Å². The van der Waals surface area contributed by atoms with E-state index >= 15 is 0 Å². The van der Waals surface area contributed by atoms with Crippen molar-refractivity contribution in [2.24, 2.45) is 0 Å². The minimum absolute atomic E-state index is 0.0239. The van der Waals surface area contributed by atoms with Crippen LogP contribution in [0.4, 0.5) is 0 Å². The van der Waals surface area contributed by atoms with E-state index < -0.39 is 23.8 Å². The summed E-state index contributed by atoms with van der Waals surface area (Å²) < 4.78 is 7.23. The first kappa shape index (κ1) is 23.0. The highest BCUT2D eigenvalue weighted by molar-refractivity contribution is 6.02. The number of fused-ring (bicyclic) bond motifs is 1. The number of esters is 1. The second kappa shape index (κ2) is 9.13. The Morgan fingerprint density at radius 2 is 1.83 bits per heavy atom. The number of carbonyl (C=O) groups excluding carboxylic acids is 2. The van der Waals surface area contributed by atoms with Gasteiger partial charge in [-0.25, -0.2) is 23.7 Å². The lowest BCUT2D eigenvalue weighted by Crippen LogP contribution is -2.48. The normalized spacial score (nSPS) is 18.0. The summed E-state index contributed by atoms with van der Waals surface area (Å²) in [4.78, 5) is 59.8. The second-order valence-electron chi connectivity index (χ2n) is 9.34. The van der Waals surface area contributed by atoms with Crippen LogP contribution < -0.4 is 11.2 Å². The molecule has 2 fully saturated rings. The van der Waals surface area contributed by atoms with E-state index in [1.54, 1.807) is 35.2 Å². The van der Waals surface area contributed by atoms with E-state index in [1.165, 1.54) is 11.7 Å². The number of nitrogens with zero attached hydrogens (tertiary/aromatic N) is 4. The number of pyridine rings is 1.